The van der Waals surface area contributed by atoms with Gasteiger partial charge in [-0.3, -0.25) is 4.79 Å². The molecule has 0 aromatic carbocycles. The minimum absolute atomic E-state index is 0.0513. The second-order valence-electron chi connectivity index (χ2n) is 4.40. The number of nitrogens with zero attached hydrogens (tertiary/aromatic N) is 3. The minimum atomic E-state index is -0.839. The zero-order chi connectivity index (χ0) is 13.7. The maximum Gasteiger partial charge on any atom is 0.305 e. The van der Waals surface area contributed by atoms with Crippen molar-refractivity contribution in [1.29, 1.82) is 5.26 Å². The van der Waals surface area contributed by atoms with Gasteiger partial charge in [-0.05, 0) is 32.9 Å². The van der Waals surface area contributed by atoms with Crippen LogP contribution >= 0.6 is 0 Å². The summed E-state index contributed by atoms with van der Waals surface area (Å²) in [7, 11) is 0. The summed E-state index contributed by atoms with van der Waals surface area (Å²) in [5.41, 5.74) is 1.29. The fraction of sp³-hybridized carbons (Fsp3) is 0.462. The first kappa shape index (κ1) is 14.0. The quantitative estimate of drug-likeness (QED) is 0.860. The average molecular weight is 247 g/mol. The predicted molar refractivity (Wildman–Crippen MR) is 68.4 cm³/mol. The Morgan fingerprint density at radius 2 is 2.22 bits per heavy atom. The first-order valence-electron chi connectivity index (χ1n) is 5.81. The first-order valence-corrected chi connectivity index (χ1v) is 5.81. The maximum atomic E-state index is 10.6. The van der Waals surface area contributed by atoms with Crippen molar-refractivity contribution in [1.82, 2.24) is 4.98 Å². The molecule has 18 heavy (non-hydrogen) atoms. The molecule has 0 unspecified atom stereocenters. The Labute approximate surface area is 107 Å². The van der Waals surface area contributed by atoms with E-state index in [1.807, 2.05) is 25.7 Å². The second kappa shape index (κ2) is 6.01. The van der Waals surface area contributed by atoms with Crippen LogP contribution in [0.4, 0.5) is 5.82 Å². The zero-order valence-corrected chi connectivity index (χ0v) is 10.8. The summed E-state index contributed by atoms with van der Waals surface area (Å²) in [5, 5.41) is 17.7. The lowest BCUT2D eigenvalue weighted by Crippen LogP contribution is -2.33. The normalized spacial score (nSPS) is 10.2. The molecule has 5 heteroatoms. The van der Waals surface area contributed by atoms with Crippen molar-refractivity contribution >= 4 is 11.8 Å². The lowest BCUT2D eigenvalue weighted by molar-refractivity contribution is -0.136. The van der Waals surface area contributed by atoms with Crippen LogP contribution in [0, 0.1) is 18.3 Å². The van der Waals surface area contributed by atoms with Gasteiger partial charge in [-0.1, -0.05) is 0 Å². The number of aromatic nitrogens is 1. The number of carbonyl (C=O) groups is 1. The predicted octanol–water partition coefficient (Wildman–Crippen LogP) is 1.95. The molecule has 0 radical (unpaired) electrons. The van der Waals surface area contributed by atoms with Gasteiger partial charge in [0.05, 0.1) is 18.1 Å². The average Bonchev–Trinajstić information content (AvgIpc) is 2.27. The SMILES string of the molecule is Cc1cc(C#N)cc(N(CCC(=O)O)C(C)C)n1. The van der Waals surface area contributed by atoms with Crippen LogP contribution < -0.4 is 4.90 Å². The van der Waals surface area contributed by atoms with Gasteiger partial charge in [-0.2, -0.15) is 5.26 Å². The van der Waals surface area contributed by atoms with Crippen LogP contribution in [-0.4, -0.2) is 28.6 Å². The first-order chi connectivity index (χ1) is 8.43. The number of hydrogen-bond donors (Lipinski definition) is 1. The minimum Gasteiger partial charge on any atom is -0.481 e. The van der Waals surface area contributed by atoms with Crippen molar-refractivity contribution < 1.29 is 9.90 Å². The molecule has 0 aliphatic heterocycles. The van der Waals surface area contributed by atoms with Crippen molar-refractivity contribution in [3.8, 4) is 6.07 Å². The zero-order valence-electron chi connectivity index (χ0n) is 10.8. The molecule has 1 rings (SSSR count). The third-order valence-corrected chi connectivity index (χ3v) is 2.55. The molecule has 1 aromatic rings. The molecule has 0 saturated heterocycles. The van der Waals surface area contributed by atoms with Crippen LogP contribution in [0.2, 0.25) is 0 Å². The summed E-state index contributed by atoms with van der Waals surface area (Å²) in [4.78, 5) is 16.9. The van der Waals surface area contributed by atoms with Crippen LogP contribution in [0.1, 0.15) is 31.5 Å². The van der Waals surface area contributed by atoms with Crippen molar-refractivity contribution in [2.45, 2.75) is 33.2 Å². The van der Waals surface area contributed by atoms with E-state index >= 15 is 0 Å². The summed E-state index contributed by atoms with van der Waals surface area (Å²) < 4.78 is 0. The Hall–Kier alpha value is -2.09. The highest BCUT2D eigenvalue weighted by atomic mass is 16.4. The van der Waals surface area contributed by atoms with Gasteiger partial charge in [0.25, 0.3) is 0 Å². The highest BCUT2D eigenvalue weighted by molar-refractivity contribution is 5.67. The Morgan fingerprint density at radius 3 is 2.72 bits per heavy atom. The molecule has 0 aliphatic rings. The van der Waals surface area contributed by atoms with Crippen LogP contribution in [0.25, 0.3) is 0 Å². The van der Waals surface area contributed by atoms with E-state index in [9.17, 15) is 4.79 Å². The molecule has 0 fully saturated rings. The van der Waals surface area contributed by atoms with E-state index < -0.39 is 5.97 Å². The Bertz CT molecular complexity index is 478. The number of hydrogen-bond acceptors (Lipinski definition) is 4. The molecule has 1 aromatic heterocycles. The van der Waals surface area contributed by atoms with Crippen molar-refractivity contribution in [3.63, 3.8) is 0 Å². The topological polar surface area (TPSA) is 77.2 Å². The summed E-state index contributed by atoms with van der Waals surface area (Å²) in [6.45, 7) is 6.14. The smallest absolute Gasteiger partial charge is 0.305 e. The van der Waals surface area contributed by atoms with E-state index in [0.717, 1.165) is 5.69 Å². The fourth-order valence-electron chi connectivity index (χ4n) is 1.72. The number of aliphatic carboxylic acids is 1. The lowest BCUT2D eigenvalue weighted by Gasteiger charge is -2.27. The molecule has 0 saturated carbocycles. The van der Waals surface area contributed by atoms with Crippen LogP contribution in [-0.2, 0) is 4.79 Å². The standard InChI is InChI=1S/C13H17N3O2/c1-9(2)16(5-4-13(17)18)12-7-11(8-14)6-10(3)15-12/h6-7,9H,4-5H2,1-3H3,(H,17,18). The summed E-state index contributed by atoms with van der Waals surface area (Å²) in [5.74, 6) is -0.184. The van der Waals surface area contributed by atoms with E-state index in [4.69, 9.17) is 10.4 Å². The molecule has 0 amide bonds. The van der Waals surface area contributed by atoms with Crippen molar-refractivity contribution in [2.24, 2.45) is 0 Å². The number of aryl methyl sites for hydroxylation is 1. The molecule has 1 N–H and O–H groups in total. The Kier molecular flexibility index (Phi) is 4.67. The summed E-state index contributed by atoms with van der Waals surface area (Å²) >= 11 is 0. The largest absolute Gasteiger partial charge is 0.481 e. The van der Waals surface area contributed by atoms with Gasteiger partial charge in [-0.15, -0.1) is 0 Å². The van der Waals surface area contributed by atoms with E-state index in [1.54, 1.807) is 12.1 Å². The fourth-order valence-corrected chi connectivity index (χ4v) is 1.72. The van der Waals surface area contributed by atoms with Crippen LogP contribution in [0.5, 0.6) is 0 Å². The molecule has 96 valence electrons. The van der Waals surface area contributed by atoms with Gasteiger partial charge in [0.2, 0.25) is 0 Å². The lowest BCUT2D eigenvalue weighted by atomic mass is 10.2. The van der Waals surface area contributed by atoms with Gasteiger partial charge >= 0.3 is 5.97 Å². The number of rotatable bonds is 5. The molecule has 1 heterocycles. The Morgan fingerprint density at radius 1 is 1.56 bits per heavy atom. The van der Waals surface area contributed by atoms with Crippen molar-refractivity contribution in [3.05, 3.63) is 23.4 Å². The van der Waals surface area contributed by atoms with Crippen LogP contribution in [0.3, 0.4) is 0 Å². The van der Waals surface area contributed by atoms with E-state index in [1.165, 1.54) is 0 Å². The van der Waals surface area contributed by atoms with Crippen molar-refractivity contribution in [2.75, 3.05) is 11.4 Å². The van der Waals surface area contributed by atoms with Gasteiger partial charge in [0, 0.05) is 18.3 Å². The molecule has 0 bridgehead atoms. The highest BCUT2D eigenvalue weighted by Gasteiger charge is 2.14. The third kappa shape index (κ3) is 3.74. The molecule has 5 nitrogen and oxygen atoms in total. The molecular weight excluding hydrogens is 230 g/mol. The van der Waals surface area contributed by atoms with Gasteiger partial charge in [-0.25, -0.2) is 4.98 Å². The van der Waals surface area contributed by atoms with Gasteiger partial charge in [0.15, 0.2) is 0 Å². The number of nitriles is 1. The number of anilines is 1. The molecule has 0 aliphatic carbocycles. The number of pyridine rings is 1. The summed E-state index contributed by atoms with van der Waals surface area (Å²) in [6.07, 6.45) is 0.0513. The highest BCUT2D eigenvalue weighted by Crippen LogP contribution is 2.17. The Balaban J connectivity index is 3.02. The monoisotopic (exact) mass is 247 g/mol. The number of carboxylic acids is 1. The van der Waals surface area contributed by atoms with E-state index in [2.05, 4.69) is 11.1 Å². The summed E-state index contributed by atoms with van der Waals surface area (Å²) in [6, 6.07) is 5.61. The van der Waals surface area contributed by atoms with Crippen LogP contribution in [0.15, 0.2) is 12.1 Å². The molecule has 0 atom stereocenters. The number of carboxylic acid groups (broad SMARTS) is 1. The molecule has 0 spiro atoms. The maximum absolute atomic E-state index is 10.6. The molecular formula is C13H17N3O2. The second-order valence-corrected chi connectivity index (χ2v) is 4.40. The van der Waals surface area contributed by atoms with E-state index in [-0.39, 0.29) is 12.5 Å². The third-order valence-electron chi connectivity index (χ3n) is 2.55. The van der Waals surface area contributed by atoms with Gasteiger partial charge < -0.3 is 10.0 Å². The van der Waals surface area contributed by atoms with Gasteiger partial charge in [0.1, 0.15) is 5.82 Å². The van der Waals surface area contributed by atoms with E-state index in [0.29, 0.717) is 17.9 Å².